The Kier molecular flexibility index (Phi) is 6.77. The lowest BCUT2D eigenvalue weighted by molar-refractivity contribution is 0.174. The van der Waals surface area contributed by atoms with Gasteiger partial charge in [0.25, 0.3) is 5.56 Å². The minimum atomic E-state index is -0.130. The normalized spacial score (nSPS) is 11.9. The largest absolute Gasteiger partial charge is 0.497 e. The smallest absolute Gasteiger partial charge is 0.253 e. The summed E-state index contributed by atoms with van der Waals surface area (Å²) in [7, 11) is 1.63. The molecule has 36 heavy (non-hydrogen) atoms. The quantitative estimate of drug-likeness (QED) is 0.336. The summed E-state index contributed by atoms with van der Waals surface area (Å²) in [5.74, 6) is 2.19. The number of ether oxygens (including phenoxy) is 3. The Balaban J connectivity index is 1.45. The molecule has 0 spiro atoms. The molecule has 184 valence electrons. The van der Waals surface area contributed by atoms with Crippen molar-refractivity contribution in [3.05, 3.63) is 93.8 Å². The number of hydrogen-bond donors (Lipinski definition) is 2. The molecule has 0 saturated heterocycles. The maximum atomic E-state index is 13.0. The first kappa shape index (κ1) is 23.7. The summed E-state index contributed by atoms with van der Waals surface area (Å²) in [6.45, 7) is 3.14. The standard InChI is InChI=1S/C28H27N3O4S/c1-3-18-4-10-24-20(12-18)14-21(27(32)30-24)16-31(15-19-5-11-25-26(13-19)35-17-34-25)28(36)29-22-6-8-23(33-2)9-7-22/h4-14H,3,15-17H2,1-2H3,(H,29,36)(H,30,32). The van der Waals surface area contributed by atoms with Crippen molar-refractivity contribution < 1.29 is 14.2 Å². The second-order valence-electron chi connectivity index (χ2n) is 8.60. The van der Waals surface area contributed by atoms with Crippen LogP contribution in [-0.4, -0.2) is 28.9 Å². The van der Waals surface area contributed by atoms with Crippen LogP contribution in [0.3, 0.4) is 0 Å². The summed E-state index contributed by atoms with van der Waals surface area (Å²) in [4.78, 5) is 18.0. The summed E-state index contributed by atoms with van der Waals surface area (Å²) in [5.41, 5.74) is 4.36. The van der Waals surface area contributed by atoms with E-state index in [-0.39, 0.29) is 12.4 Å². The fourth-order valence-corrected chi connectivity index (χ4v) is 4.43. The minimum absolute atomic E-state index is 0.130. The summed E-state index contributed by atoms with van der Waals surface area (Å²) in [6, 6.07) is 21.4. The summed E-state index contributed by atoms with van der Waals surface area (Å²) >= 11 is 5.81. The van der Waals surface area contributed by atoms with E-state index in [4.69, 9.17) is 26.4 Å². The number of nitrogens with one attached hydrogen (secondary N) is 2. The van der Waals surface area contributed by atoms with Crippen LogP contribution in [0.5, 0.6) is 17.2 Å². The zero-order valence-electron chi connectivity index (χ0n) is 20.2. The number of H-pyrrole nitrogens is 1. The molecule has 0 unspecified atom stereocenters. The molecule has 0 amide bonds. The molecule has 7 nitrogen and oxygen atoms in total. The van der Waals surface area contributed by atoms with Crippen molar-refractivity contribution in [1.29, 1.82) is 0 Å². The van der Waals surface area contributed by atoms with Gasteiger partial charge in [-0.15, -0.1) is 0 Å². The number of fused-ring (bicyclic) bond motifs is 2. The average Bonchev–Trinajstić information content (AvgIpc) is 3.37. The van der Waals surface area contributed by atoms with E-state index in [2.05, 4.69) is 23.3 Å². The third-order valence-corrected chi connectivity index (χ3v) is 6.55. The molecular formula is C28H27N3O4S. The monoisotopic (exact) mass is 501 g/mol. The van der Waals surface area contributed by atoms with Gasteiger partial charge >= 0.3 is 0 Å². The molecule has 0 aliphatic carbocycles. The number of hydrogen-bond acceptors (Lipinski definition) is 5. The Morgan fingerprint density at radius 2 is 1.78 bits per heavy atom. The second-order valence-corrected chi connectivity index (χ2v) is 8.99. The van der Waals surface area contributed by atoms with Crippen molar-refractivity contribution in [2.75, 3.05) is 19.2 Å². The van der Waals surface area contributed by atoms with Gasteiger partial charge in [0.05, 0.1) is 13.7 Å². The van der Waals surface area contributed by atoms with Gasteiger partial charge in [0.1, 0.15) is 5.75 Å². The van der Waals surface area contributed by atoms with Crippen molar-refractivity contribution in [1.82, 2.24) is 9.88 Å². The van der Waals surface area contributed by atoms with E-state index in [0.717, 1.165) is 40.1 Å². The summed E-state index contributed by atoms with van der Waals surface area (Å²) in [5, 5.41) is 4.80. The highest BCUT2D eigenvalue weighted by molar-refractivity contribution is 7.80. The molecule has 0 atom stereocenters. The molecular weight excluding hydrogens is 474 g/mol. The third kappa shape index (κ3) is 5.13. The molecule has 3 aromatic carbocycles. The van der Waals surface area contributed by atoms with Crippen LogP contribution < -0.4 is 25.1 Å². The van der Waals surface area contributed by atoms with E-state index in [1.807, 2.05) is 65.6 Å². The summed E-state index contributed by atoms with van der Waals surface area (Å²) in [6.07, 6.45) is 0.927. The molecule has 4 aromatic rings. The van der Waals surface area contributed by atoms with Crippen LogP contribution in [0, 0.1) is 0 Å². The number of anilines is 1. The first-order valence-electron chi connectivity index (χ1n) is 11.8. The topological polar surface area (TPSA) is 75.8 Å². The molecule has 1 aliphatic rings. The highest BCUT2D eigenvalue weighted by atomic mass is 32.1. The Hall–Kier alpha value is -4.04. The van der Waals surface area contributed by atoms with Gasteiger partial charge < -0.3 is 29.4 Å². The Morgan fingerprint density at radius 3 is 2.56 bits per heavy atom. The van der Waals surface area contributed by atoms with Crippen molar-refractivity contribution in [2.24, 2.45) is 0 Å². The average molecular weight is 502 g/mol. The minimum Gasteiger partial charge on any atom is -0.497 e. The Morgan fingerprint density at radius 1 is 1.00 bits per heavy atom. The number of methoxy groups -OCH3 is 1. The van der Waals surface area contributed by atoms with Gasteiger partial charge in [0.2, 0.25) is 6.79 Å². The SMILES string of the molecule is CCc1ccc2[nH]c(=O)c(CN(Cc3ccc4c(c3)OCO4)C(=S)Nc3ccc(OC)cc3)cc2c1. The lowest BCUT2D eigenvalue weighted by Crippen LogP contribution is -2.35. The molecule has 0 radical (unpaired) electrons. The van der Waals surface area contributed by atoms with Crippen LogP contribution in [-0.2, 0) is 19.5 Å². The van der Waals surface area contributed by atoms with Crippen LogP contribution in [0.4, 0.5) is 5.69 Å². The molecule has 8 heteroatoms. The molecule has 1 aromatic heterocycles. The van der Waals surface area contributed by atoms with Gasteiger partial charge in [0, 0.05) is 23.3 Å². The number of rotatable bonds is 7. The van der Waals surface area contributed by atoms with Crippen molar-refractivity contribution >= 4 is 33.9 Å². The maximum absolute atomic E-state index is 13.0. The molecule has 2 heterocycles. The van der Waals surface area contributed by atoms with Gasteiger partial charge in [-0.05, 0) is 89.7 Å². The number of thiocarbonyl (C=S) groups is 1. The van der Waals surface area contributed by atoms with Crippen LogP contribution in [0.2, 0.25) is 0 Å². The molecule has 0 bridgehead atoms. The van der Waals surface area contributed by atoms with Gasteiger partial charge in [-0.2, -0.15) is 0 Å². The molecule has 0 saturated carbocycles. The number of benzene rings is 3. The van der Waals surface area contributed by atoms with Crippen molar-refractivity contribution in [3.63, 3.8) is 0 Å². The van der Waals surface area contributed by atoms with E-state index in [1.165, 1.54) is 5.56 Å². The van der Waals surface area contributed by atoms with E-state index < -0.39 is 0 Å². The van der Waals surface area contributed by atoms with E-state index in [9.17, 15) is 4.79 Å². The molecule has 0 fully saturated rings. The zero-order valence-corrected chi connectivity index (χ0v) is 21.0. The van der Waals surface area contributed by atoms with E-state index >= 15 is 0 Å². The fourth-order valence-electron chi connectivity index (χ4n) is 4.18. The Bertz CT molecular complexity index is 1470. The molecule has 1 aliphatic heterocycles. The van der Waals surface area contributed by atoms with Gasteiger partial charge in [-0.25, -0.2) is 0 Å². The van der Waals surface area contributed by atoms with E-state index in [0.29, 0.717) is 29.5 Å². The summed E-state index contributed by atoms with van der Waals surface area (Å²) < 4.78 is 16.2. The zero-order chi connectivity index (χ0) is 25.1. The van der Waals surface area contributed by atoms with Gasteiger partial charge in [-0.3, -0.25) is 4.79 Å². The van der Waals surface area contributed by atoms with Crippen molar-refractivity contribution in [3.8, 4) is 17.2 Å². The van der Waals surface area contributed by atoms with Crippen LogP contribution in [0.25, 0.3) is 10.9 Å². The van der Waals surface area contributed by atoms with Crippen LogP contribution >= 0.6 is 12.2 Å². The molecule has 5 rings (SSSR count). The predicted molar refractivity (Wildman–Crippen MR) is 145 cm³/mol. The molecule has 2 N–H and O–H groups in total. The Labute approximate surface area is 214 Å². The number of aryl methyl sites for hydroxylation is 1. The van der Waals surface area contributed by atoms with Crippen molar-refractivity contribution in [2.45, 2.75) is 26.4 Å². The van der Waals surface area contributed by atoms with E-state index in [1.54, 1.807) is 7.11 Å². The maximum Gasteiger partial charge on any atom is 0.253 e. The predicted octanol–water partition coefficient (Wildman–Crippen LogP) is 5.23. The third-order valence-electron chi connectivity index (χ3n) is 6.19. The van der Waals surface area contributed by atoms with Gasteiger partial charge in [0.15, 0.2) is 16.6 Å². The highest BCUT2D eigenvalue weighted by Gasteiger charge is 2.18. The lowest BCUT2D eigenvalue weighted by Gasteiger charge is -2.26. The first-order valence-corrected chi connectivity index (χ1v) is 12.2. The first-order chi connectivity index (χ1) is 17.5. The number of pyridine rings is 1. The number of nitrogens with zero attached hydrogens (tertiary/aromatic N) is 1. The van der Waals surface area contributed by atoms with Crippen LogP contribution in [0.15, 0.2) is 71.5 Å². The lowest BCUT2D eigenvalue weighted by atomic mass is 10.1. The van der Waals surface area contributed by atoms with Crippen LogP contribution in [0.1, 0.15) is 23.6 Å². The highest BCUT2D eigenvalue weighted by Crippen LogP contribution is 2.33. The fraction of sp³-hybridized carbons (Fsp3) is 0.214. The number of aromatic amines is 1. The number of aromatic nitrogens is 1. The second kappa shape index (κ2) is 10.3. The van der Waals surface area contributed by atoms with Gasteiger partial charge in [-0.1, -0.05) is 19.1 Å².